The van der Waals surface area contributed by atoms with Crippen LogP contribution in [0.15, 0.2) is 11.1 Å². The summed E-state index contributed by atoms with van der Waals surface area (Å²) in [6.45, 7) is 0.937. The second-order valence-electron chi connectivity index (χ2n) is 4.27. The first-order chi connectivity index (χ1) is 7.72. The summed E-state index contributed by atoms with van der Waals surface area (Å²) in [5.74, 6) is 1.65. The van der Waals surface area contributed by atoms with E-state index in [-0.39, 0.29) is 5.56 Å². The number of nitrogens with zero attached hydrogens (tertiary/aromatic N) is 2. The molecule has 1 N–H and O–H groups in total. The van der Waals surface area contributed by atoms with Gasteiger partial charge in [0, 0.05) is 13.6 Å². The predicted octanol–water partition coefficient (Wildman–Crippen LogP) is 1.01. The first kappa shape index (κ1) is 11.0. The van der Waals surface area contributed by atoms with Crippen molar-refractivity contribution in [3.8, 4) is 5.75 Å². The number of nitrogens with one attached hydrogen (secondary N) is 1. The number of aromatic nitrogens is 2. The lowest BCUT2D eigenvalue weighted by Crippen LogP contribution is -2.31. The van der Waals surface area contributed by atoms with Crippen LogP contribution in [0.5, 0.6) is 5.75 Å². The van der Waals surface area contributed by atoms with Crippen molar-refractivity contribution in [1.82, 2.24) is 9.97 Å². The highest BCUT2D eigenvalue weighted by Gasteiger charge is 2.21. The van der Waals surface area contributed by atoms with E-state index in [1.165, 1.54) is 32.7 Å². The fourth-order valence-electron chi connectivity index (χ4n) is 1.98. The molecule has 0 radical (unpaired) electrons. The van der Waals surface area contributed by atoms with Gasteiger partial charge < -0.3 is 14.6 Å². The van der Waals surface area contributed by atoms with E-state index < -0.39 is 0 Å². The molecule has 1 aliphatic carbocycles. The quantitative estimate of drug-likeness (QED) is 0.827. The molecule has 5 nitrogen and oxygen atoms in total. The monoisotopic (exact) mass is 223 g/mol. The van der Waals surface area contributed by atoms with E-state index in [1.807, 2.05) is 11.9 Å². The van der Waals surface area contributed by atoms with Crippen molar-refractivity contribution in [1.29, 1.82) is 0 Å². The Labute approximate surface area is 94.5 Å². The first-order valence-corrected chi connectivity index (χ1v) is 5.55. The number of rotatable bonds is 4. The molecule has 0 unspecified atom stereocenters. The maximum absolute atomic E-state index is 11.5. The summed E-state index contributed by atoms with van der Waals surface area (Å²) in [5, 5.41) is 0. The number of hydrogen-bond acceptors (Lipinski definition) is 4. The van der Waals surface area contributed by atoms with Gasteiger partial charge >= 0.3 is 0 Å². The highest BCUT2D eigenvalue weighted by atomic mass is 16.5. The topological polar surface area (TPSA) is 58.2 Å². The van der Waals surface area contributed by atoms with Crippen molar-refractivity contribution in [3.63, 3.8) is 0 Å². The highest BCUT2D eigenvalue weighted by Crippen LogP contribution is 2.29. The molecule has 2 rings (SSSR count). The van der Waals surface area contributed by atoms with Crippen LogP contribution in [0.1, 0.15) is 19.3 Å². The molecule has 0 atom stereocenters. The van der Waals surface area contributed by atoms with Crippen molar-refractivity contribution in [2.75, 3.05) is 25.6 Å². The standard InChI is InChI=1S/C11H17N3O2/c1-14(6-8-4-3-5-8)10-9(16-2)11(15)13-7-12-10/h7-8H,3-6H2,1-2H3,(H,12,13,15). The lowest BCUT2D eigenvalue weighted by Gasteiger charge is -2.30. The largest absolute Gasteiger partial charge is 0.489 e. The van der Waals surface area contributed by atoms with Gasteiger partial charge in [0.05, 0.1) is 13.4 Å². The molecule has 1 heterocycles. The van der Waals surface area contributed by atoms with Crippen LogP contribution < -0.4 is 15.2 Å². The van der Waals surface area contributed by atoms with Gasteiger partial charge in [-0.2, -0.15) is 0 Å². The number of methoxy groups -OCH3 is 1. The molecule has 0 amide bonds. The zero-order chi connectivity index (χ0) is 11.5. The minimum atomic E-state index is -0.229. The van der Waals surface area contributed by atoms with Gasteiger partial charge in [0.25, 0.3) is 5.56 Å². The van der Waals surface area contributed by atoms with Gasteiger partial charge in [0.2, 0.25) is 5.75 Å². The maximum atomic E-state index is 11.5. The van der Waals surface area contributed by atoms with Crippen LogP contribution in [0.4, 0.5) is 5.82 Å². The van der Waals surface area contributed by atoms with Crippen molar-refractivity contribution < 1.29 is 4.74 Å². The van der Waals surface area contributed by atoms with Crippen LogP contribution in [0.25, 0.3) is 0 Å². The Morgan fingerprint density at radius 3 is 2.94 bits per heavy atom. The van der Waals surface area contributed by atoms with Crippen LogP contribution in [0.2, 0.25) is 0 Å². The van der Waals surface area contributed by atoms with E-state index in [9.17, 15) is 4.79 Å². The van der Waals surface area contributed by atoms with Gasteiger partial charge in [-0.3, -0.25) is 4.79 Å². The average Bonchev–Trinajstić information content (AvgIpc) is 2.22. The molecular formula is C11H17N3O2. The summed E-state index contributed by atoms with van der Waals surface area (Å²) >= 11 is 0. The van der Waals surface area contributed by atoms with Crippen molar-refractivity contribution >= 4 is 5.82 Å². The minimum Gasteiger partial charge on any atom is -0.489 e. The van der Waals surface area contributed by atoms with Gasteiger partial charge in [-0.1, -0.05) is 6.42 Å². The van der Waals surface area contributed by atoms with Gasteiger partial charge in [0.15, 0.2) is 5.82 Å². The predicted molar refractivity (Wildman–Crippen MR) is 62.0 cm³/mol. The summed E-state index contributed by atoms with van der Waals surface area (Å²) < 4.78 is 5.08. The SMILES string of the molecule is COc1c(N(C)CC2CCC2)nc[nH]c1=O. The molecule has 88 valence electrons. The lowest BCUT2D eigenvalue weighted by molar-refractivity contribution is 0.319. The number of H-pyrrole nitrogens is 1. The Morgan fingerprint density at radius 2 is 2.38 bits per heavy atom. The fourth-order valence-corrected chi connectivity index (χ4v) is 1.98. The van der Waals surface area contributed by atoms with Gasteiger partial charge in [-0.05, 0) is 18.8 Å². The summed E-state index contributed by atoms with van der Waals surface area (Å²) in [7, 11) is 3.44. The third-order valence-electron chi connectivity index (χ3n) is 3.11. The molecule has 1 aromatic rings. The Balaban J connectivity index is 2.17. The zero-order valence-electron chi connectivity index (χ0n) is 9.69. The van der Waals surface area contributed by atoms with Crippen molar-refractivity contribution in [2.24, 2.45) is 5.92 Å². The molecule has 16 heavy (non-hydrogen) atoms. The molecule has 0 bridgehead atoms. The second-order valence-corrected chi connectivity index (χ2v) is 4.27. The van der Waals surface area contributed by atoms with Crippen molar-refractivity contribution in [2.45, 2.75) is 19.3 Å². The van der Waals surface area contributed by atoms with Crippen LogP contribution in [0, 0.1) is 5.92 Å². The molecule has 5 heteroatoms. The first-order valence-electron chi connectivity index (χ1n) is 5.55. The summed E-state index contributed by atoms with van der Waals surface area (Å²) in [4.78, 5) is 20.2. The number of aromatic amines is 1. The van der Waals surface area contributed by atoms with Crippen molar-refractivity contribution in [3.05, 3.63) is 16.7 Å². The smallest absolute Gasteiger partial charge is 0.295 e. The molecule has 0 saturated heterocycles. The van der Waals surface area contributed by atoms with E-state index in [1.54, 1.807) is 0 Å². The number of hydrogen-bond donors (Lipinski definition) is 1. The van der Waals surface area contributed by atoms with Gasteiger partial charge in [-0.15, -0.1) is 0 Å². The maximum Gasteiger partial charge on any atom is 0.295 e. The molecule has 1 aliphatic rings. The zero-order valence-corrected chi connectivity index (χ0v) is 9.69. The number of anilines is 1. The van der Waals surface area contributed by atoms with E-state index in [0.717, 1.165) is 12.5 Å². The Kier molecular flexibility index (Phi) is 3.12. The molecule has 0 aromatic carbocycles. The molecule has 1 saturated carbocycles. The van der Waals surface area contributed by atoms with Gasteiger partial charge in [-0.25, -0.2) is 4.98 Å². The minimum absolute atomic E-state index is 0.229. The molecule has 1 aromatic heterocycles. The van der Waals surface area contributed by atoms with E-state index in [2.05, 4.69) is 9.97 Å². The van der Waals surface area contributed by atoms with Crippen LogP contribution in [-0.4, -0.2) is 30.7 Å². The van der Waals surface area contributed by atoms with Crippen LogP contribution in [-0.2, 0) is 0 Å². The van der Waals surface area contributed by atoms with Crippen LogP contribution >= 0.6 is 0 Å². The summed E-state index contributed by atoms with van der Waals surface area (Å²) in [6.07, 6.45) is 5.28. The number of ether oxygens (including phenoxy) is 1. The van der Waals surface area contributed by atoms with Crippen LogP contribution in [0.3, 0.4) is 0 Å². The molecule has 0 spiro atoms. The normalized spacial score (nSPS) is 15.6. The van der Waals surface area contributed by atoms with Gasteiger partial charge in [0.1, 0.15) is 0 Å². The molecule has 1 fully saturated rings. The second kappa shape index (κ2) is 4.55. The lowest BCUT2D eigenvalue weighted by atomic mass is 9.85. The molecule has 0 aliphatic heterocycles. The summed E-state index contributed by atoms with van der Waals surface area (Å²) in [5.41, 5.74) is -0.229. The fraction of sp³-hybridized carbons (Fsp3) is 0.636. The third-order valence-corrected chi connectivity index (χ3v) is 3.11. The highest BCUT2D eigenvalue weighted by molar-refractivity contribution is 5.49. The Morgan fingerprint density at radius 1 is 1.62 bits per heavy atom. The van der Waals surface area contributed by atoms with E-state index in [0.29, 0.717) is 11.6 Å². The third kappa shape index (κ3) is 2.03. The summed E-state index contributed by atoms with van der Waals surface area (Å²) in [6, 6.07) is 0. The Hall–Kier alpha value is -1.52. The molecular weight excluding hydrogens is 206 g/mol. The van der Waals surface area contributed by atoms with E-state index in [4.69, 9.17) is 4.74 Å². The average molecular weight is 223 g/mol. The van der Waals surface area contributed by atoms with E-state index >= 15 is 0 Å². The Bertz CT molecular complexity index is 412.